The smallest absolute Gasteiger partial charge is 0.338 e. The van der Waals surface area contributed by atoms with Crippen LogP contribution in [0.4, 0.5) is 0 Å². The van der Waals surface area contributed by atoms with E-state index >= 15 is 0 Å². The van der Waals surface area contributed by atoms with Crippen molar-refractivity contribution in [1.82, 2.24) is 4.90 Å². The molecule has 1 aromatic rings. The second-order valence-corrected chi connectivity index (χ2v) is 5.25. The number of fused-ring (bicyclic) bond motifs is 1. The van der Waals surface area contributed by atoms with Crippen molar-refractivity contribution in [3.8, 4) is 0 Å². The number of hydrogen-bond acceptors (Lipinski definition) is 3. The predicted molar refractivity (Wildman–Crippen MR) is 69.7 cm³/mol. The fraction of sp³-hybridized carbons (Fsp3) is 0.533. The van der Waals surface area contributed by atoms with E-state index in [4.69, 9.17) is 4.74 Å². The van der Waals surface area contributed by atoms with Crippen LogP contribution in [0.2, 0.25) is 0 Å². The maximum atomic E-state index is 11.5. The molecule has 0 radical (unpaired) electrons. The highest BCUT2D eigenvalue weighted by Crippen LogP contribution is 2.26. The summed E-state index contributed by atoms with van der Waals surface area (Å²) in [6.07, 6.45) is 3.75. The van der Waals surface area contributed by atoms with Gasteiger partial charge in [-0.2, -0.15) is 0 Å². The number of likely N-dealkylation sites (tertiary alicyclic amines) is 1. The maximum absolute atomic E-state index is 11.5. The zero-order valence-electron chi connectivity index (χ0n) is 10.9. The lowest BCUT2D eigenvalue weighted by Crippen LogP contribution is -2.22. The first-order chi connectivity index (χ1) is 8.75. The molecule has 1 aromatic carbocycles. The summed E-state index contributed by atoms with van der Waals surface area (Å²) in [6, 6.07) is 4.02. The van der Waals surface area contributed by atoms with E-state index in [9.17, 15) is 4.79 Å². The molecule has 3 heteroatoms. The largest absolute Gasteiger partial charge is 0.457 e. The number of nitrogens with zero attached hydrogens (tertiary/aromatic N) is 1. The monoisotopic (exact) mass is 245 g/mol. The molecule has 2 aliphatic heterocycles. The Balaban J connectivity index is 1.75. The van der Waals surface area contributed by atoms with Crippen molar-refractivity contribution < 1.29 is 9.53 Å². The first-order valence-corrected chi connectivity index (χ1v) is 6.76. The lowest BCUT2D eigenvalue weighted by Gasteiger charge is -2.16. The molecule has 1 fully saturated rings. The Bertz CT molecular complexity index is 476. The third kappa shape index (κ3) is 2.03. The zero-order chi connectivity index (χ0) is 12.5. The van der Waals surface area contributed by atoms with Crippen molar-refractivity contribution in [3.63, 3.8) is 0 Å². The summed E-state index contributed by atoms with van der Waals surface area (Å²) < 4.78 is 5.09. The van der Waals surface area contributed by atoms with Crippen molar-refractivity contribution in [1.29, 1.82) is 0 Å². The number of ether oxygens (including phenoxy) is 1. The van der Waals surface area contributed by atoms with Crippen molar-refractivity contribution >= 4 is 5.97 Å². The number of carbonyl (C=O) groups excluding carboxylic acids is 1. The van der Waals surface area contributed by atoms with Crippen LogP contribution < -0.4 is 0 Å². The summed E-state index contributed by atoms with van der Waals surface area (Å²) in [7, 11) is 0. The van der Waals surface area contributed by atoms with Gasteiger partial charge in [-0.1, -0.05) is 6.07 Å². The van der Waals surface area contributed by atoms with Crippen LogP contribution in [0, 0.1) is 6.92 Å². The highest BCUT2D eigenvalue weighted by molar-refractivity contribution is 5.93. The SMILES string of the molecule is Cc1c(CCN2CCCC2)ccc2c1COC2=O. The average molecular weight is 245 g/mol. The Kier molecular flexibility index (Phi) is 3.08. The highest BCUT2D eigenvalue weighted by Gasteiger charge is 2.23. The number of cyclic esters (lactones) is 1. The van der Waals surface area contributed by atoms with Crippen molar-refractivity contribution in [3.05, 3.63) is 34.4 Å². The van der Waals surface area contributed by atoms with E-state index in [1.54, 1.807) is 0 Å². The van der Waals surface area contributed by atoms with Gasteiger partial charge in [0.1, 0.15) is 6.61 Å². The third-order valence-corrected chi connectivity index (χ3v) is 4.17. The number of carbonyl (C=O) groups is 1. The molecule has 0 spiro atoms. The minimum Gasteiger partial charge on any atom is -0.457 e. The molecule has 0 N–H and O–H groups in total. The van der Waals surface area contributed by atoms with Gasteiger partial charge in [0.25, 0.3) is 0 Å². The Hall–Kier alpha value is -1.35. The molecular formula is C15H19NO2. The van der Waals surface area contributed by atoms with Crippen LogP contribution in [0.25, 0.3) is 0 Å². The van der Waals surface area contributed by atoms with Gasteiger partial charge >= 0.3 is 5.97 Å². The molecule has 0 atom stereocenters. The van der Waals surface area contributed by atoms with E-state index < -0.39 is 0 Å². The van der Waals surface area contributed by atoms with Crippen LogP contribution in [0.1, 0.15) is 39.9 Å². The van der Waals surface area contributed by atoms with E-state index in [1.165, 1.54) is 37.1 Å². The van der Waals surface area contributed by atoms with Crippen LogP contribution in [0.3, 0.4) is 0 Å². The van der Waals surface area contributed by atoms with Gasteiger partial charge in [-0.25, -0.2) is 4.79 Å². The average Bonchev–Trinajstić information content (AvgIpc) is 2.99. The number of rotatable bonds is 3. The minimum absolute atomic E-state index is 0.167. The molecule has 0 amide bonds. The topological polar surface area (TPSA) is 29.5 Å². The summed E-state index contributed by atoms with van der Waals surface area (Å²) in [5.41, 5.74) is 4.47. The third-order valence-electron chi connectivity index (χ3n) is 4.17. The van der Waals surface area contributed by atoms with Gasteiger partial charge in [0.2, 0.25) is 0 Å². The first-order valence-electron chi connectivity index (χ1n) is 6.76. The summed E-state index contributed by atoms with van der Waals surface area (Å²) in [5.74, 6) is -0.167. The molecule has 0 saturated carbocycles. The molecule has 18 heavy (non-hydrogen) atoms. The van der Waals surface area contributed by atoms with Crippen LogP contribution in [-0.2, 0) is 17.8 Å². The number of benzene rings is 1. The molecule has 1 saturated heterocycles. The second kappa shape index (κ2) is 4.73. The van der Waals surface area contributed by atoms with E-state index in [2.05, 4.69) is 17.9 Å². The predicted octanol–water partition coefficient (Wildman–Crippen LogP) is 2.30. The number of esters is 1. The van der Waals surface area contributed by atoms with Crippen LogP contribution in [0.15, 0.2) is 12.1 Å². The van der Waals surface area contributed by atoms with Gasteiger partial charge < -0.3 is 9.64 Å². The first kappa shape index (κ1) is 11.7. The van der Waals surface area contributed by atoms with E-state index in [0.717, 1.165) is 24.1 Å². The molecule has 96 valence electrons. The van der Waals surface area contributed by atoms with Crippen molar-refractivity contribution in [2.45, 2.75) is 32.8 Å². The zero-order valence-corrected chi connectivity index (χ0v) is 10.9. The fourth-order valence-electron chi connectivity index (χ4n) is 2.95. The Morgan fingerprint density at radius 1 is 1.28 bits per heavy atom. The minimum atomic E-state index is -0.167. The molecule has 0 bridgehead atoms. The molecule has 0 aliphatic carbocycles. The second-order valence-electron chi connectivity index (χ2n) is 5.25. The quantitative estimate of drug-likeness (QED) is 0.765. The molecule has 0 aromatic heterocycles. The molecule has 3 rings (SSSR count). The van der Waals surface area contributed by atoms with Gasteiger partial charge in [-0.15, -0.1) is 0 Å². The van der Waals surface area contributed by atoms with E-state index in [-0.39, 0.29) is 5.97 Å². The normalized spacial score (nSPS) is 19.1. The van der Waals surface area contributed by atoms with E-state index in [1.807, 2.05) is 6.07 Å². The molecule has 3 nitrogen and oxygen atoms in total. The van der Waals surface area contributed by atoms with Crippen LogP contribution >= 0.6 is 0 Å². The highest BCUT2D eigenvalue weighted by atomic mass is 16.5. The van der Waals surface area contributed by atoms with Crippen LogP contribution in [-0.4, -0.2) is 30.5 Å². The Morgan fingerprint density at radius 3 is 2.83 bits per heavy atom. The summed E-state index contributed by atoms with van der Waals surface area (Å²) in [5, 5.41) is 0. The molecular weight excluding hydrogens is 226 g/mol. The Morgan fingerprint density at radius 2 is 2.06 bits per heavy atom. The van der Waals surface area contributed by atoms with Crippen LogP contribution in [0.5, 0.6) is 0 Å². The Labute approximate surface area is 108 Å². The van der Waals surface area contributed by atoms with Gasteiger partial charge in [0.15, 0.2) is 0 Å². The van der Waals surface area contributed by atoms with Crippen molar-refractivity contribution in [2.24, 2.45) is 0 Å². The lowest BCUT2D eigenvalue weighted by molar-refractivity contribution is 0.0535. The standard InChI is InChI=1S/C15H19NO2/c1-11-12(6-9-16-7-2-3-8-16)4-5-13-14(11)10-18-15(13)17/h4-5H,2-3,6-10H2,1H3. The summed E-state index contributed by atoms with van der Waals surface area (Å²) in [6.45, 7) is 6.18. The number of hydrogen-bond donors (Lipinski definition) is 0. The lowest BCUT2D eigenvalue weighted by atomic mass is 9.97. The van der Waals surface area contributed by atoms with Gasteiger partial charge in [-0.3, -0.25) is 0 Å². The van der Waals surface area contributed by atoms with Gasteiger partial charge in [0, 0.05) is 12.1 Å². The van der Waals surface area contributed by atoms with Gasteiger partial charge in [-0.05, 0) is 56.5 Å². The van der Waals surface area contributed by atoms with E-state index in [0.29, 0.717) is 6.61 Å². The summed E-state index contributed by atoms with van der Waals surface area (Å²) >= 11 is 0. The molecule has 0 unspecified atom stereocenters. The van der Waals surface area contributed by atoms with Gasteiger partial charge in [0.05, 0.1) is 5.56 Å². The van der Waals surface area contributed by atoms with Crippen molar-refractivity contribution in [2.75, 3.05) is 19.6 Å². The summed E-state index contributed by atoms with van der Waals surface area (Å²) in [4.78, 5) is 14.0. The fourth-order valence-corrected chi connectivity index (χ4v) is 2.95. The molecule has 2 aliphatic rings. The maximum Gasteiger partial charge on any atom is 0.338 e. The molecule has 2 heterocycles.